The van der Waals surface area contributed by atoms with E-state index in [1.165, 1.54) is 25.7 Å². The van der Waals surface area contributed by atoms with E-state index in [1.54, 1.807) is 26.1 Å². The number of ether oxygens (including phenoxy) is 2. The molecule has 7 nitrogen and oxygen atoms in total. The number of fused-ring (bicyclic) bond motifs is 2. The number of carbonyl (C=O) groups is 1. The molecule has 3 rings (SSSR count). The molecule has 2 bridgehead atoms. The lowest BCUT2D eigenvalue weighted by molar-refractivity contribution is -0.127. The fraction of sp³-hybridized carbons (Fsp3) is 0.895. The summed E-state index contributed by atoms with van der Waals surface area (Å²) in [5.74, 6) is 2.35. The number of hydrogen-bond acceptors (Lipinski definition) is 4. The molecular formula is C19H34N4O3. The number of guanidine groups is 1. The molecule has 26 heavy (non-hydrogen) atoms. The van der Waals surface area contributed by atoms with Crippen molar-refractivity contribution in [3.63, 3.8) is 0 Å². The van der Waals surface area contributed by atoms with Gasteiger partial charge in [0.2, 0.25) is 5.91 Å². The van der Waals surface area contributed by atoms with Crippen LogP contribution in [-0.4, -0.2) is 75.9 Å². The highest BCUT2D eigenvalue weighted by Gasteiger charge is 2.40. The van der Waals surface area contributed by atoms with Crippen LogP contribution in [0.3, 0.4) is 0 Å². The second-order valence-corrected chi connectivity index (χ2v) is 8.23. The van der Waals surface area contributed by atoms with Gasteiger partial charge in [-0.1, -0.05) is 6.42 Å². The van der Waals surface area contributed by atoms with Gasteiger partial charge < -0.3 is 25.0 Å². The van der Waals surface area contributed by atoms with Crippen molar-refractivity contribution in [2.45, 2.75) is 50.2 Å². The molecule has 3 atom stereocenters. The Morgan fingerprint density at radius 2 is 2.04 bits per heavy atom. The van der Waals surface area contributed by atoms with E-state index in [-0.39, 0.29) is 18.1 Å². The molecule has 3 aliphatic rings. The lowest BCUT2D eigenvalue weighted by Crippen LogP contribution is -2.53. The van der Waals surface area contributed by atoms with Crippen molar-refractivity contribution in [3.8, 4) is 0 Å². The Morgan fingerprint density at radius 1 is 1.27 bits per heavy atom. The van der Waals surface area contributed by atoms with Crippen molar-refractivity contribution in [1.82, 2.24) is 15.5 Å². The summed E-state index contributed by atoms with van der Waals surface area (Å²) in [5.41, 5.74) is -0.221. The highest BCUT2D eigenvalue weighted by molar-refractivity contribution is 5.85. The first kappa shape index (κ1) is 19.4. The van der Waals surface area contributed by atoms with E-state index in [2.05, 4.69) is 15.6 Å². The van der Waals surface area contributed by atoms with Gasteiger partial charge in [0.1, 0.15) is 6.54 Å². The molecule has 0 aromatic rings. The number of amides is 1. The molecule has 148 valence electrons. The number of hydrogen-bond donors (Lipinski definition) is 2. The molecule has 2 aliphatic carbocycles. The zero-order valence-electron chi connectivity index (χ0n) is 16.4. The van der Waals surface area contributed by atoms with Crippen molar-refractivity contribution >= 4 is 11.9 Å². The summed E-state index contributed by atoms with van der Waals surface area (Å²) in [6.45, 7) is 2.28. The first-order valence-corrected chi connectivity index (χ1v) is 9.89. The van der Waals surface area contributed by atoms with Gasteiger partial charge in [0.25, 0.3) is 0 Å². The SMILES string of the molecule is COC1(CNC(=NCC(=O)N(C)C)NC2CC3CCC2C3)CCOCC1. The van der Waals surface area contributed by atoms with E-state index in [1.807, 2.05) is 0 Å². The van der Waals surface area contributed by atoms with E-state index in [0.717, 1.165) is 43.9 Å². The van der Waals surface area contributed by atoms with Gasteiger partial charge in [-0.3, -0.25) is 4.79 Å². The Hall–Kier alpha value is -1.34. The first-order chi connectivity index (χ1) is 12.5. The maximum Gasteiger partial charge on any atom is 0.243 e. The van der Waals surface area contributed by atoms with Crippen LogP contribution in [-0.2, 0) is 14.3 Å². The third-order valence-electron chi connectivity index (χ3n) is 6.35. The molecule has 0 radical (unpaired) electrons. The molecule has 0 aromatic carbocycles. The van der Waals surface area contributed by atoms with Gasteiger partial charge in [-0.25, -0.2) is 4.99 Å². The Balaban J connectivity index is 1.61. The second-order valence-electron chi connectivity index (χ2n) is 8.23. The third-order valence-corrected chi connectivity index (χ3v) is 6.35. The highest BCUT2D eigenvalue weighted by atomic mass is 16.5. The van der Waals surface area contributed by atoms with Gasteiger partial charge in [-0.15, -0.1) is 0 Å². The van der Waals surface area contributed by atoms with Crippen LogP contribution in [0.4, 0.5) is 0 Å². The van der Waals surface area contributed by atoms with Gasteiger partial charge in [-0.05, 0) is 31.1 Å². The Labute approximate surface area is 156 Å². The summed E-state index contributed by atoms with van der Waals surface area (Å²) in [5, 5.41) is 7.05. The standard InChI is InChI=1S/C19H34N4O3/c1-23(2)17(24)12-20-18(22-16-11-14-4-5-15(16)10-14)21-13-19(25-3)6-8-26-9-7-19/h14-16H,4-13H2,1-3H3,(H2,20,21,22). The van der Waals surface area contributed by atoms with Gasteiger partial charge in [0.05, 0.1) is 5.60 Å². The summed E-state index contributed by atoms with van der Waals surface area (Å²) in [6, 6.07) is 0.475. The quantitative estimate of drug-likeness (QED) is 0.542. The van der Waals surface area contributed by atoms with Crippen LogP contribution in [0.2, 0.25) is 0 Å². The molecule has 1 amide bonds. The highest BCUT2D eigenvalue weighted by Crippen LogP contribution is 2.44. The molecule has 7 heteroatoms. The largest absolute Gasteiger partial charge is 0.381 e. The maximum atomic E-state index is 12.0. The van der Waals surface area contributed by atoms with Crippen LogP contribution < -0.4 is 10.6 Å². The molecule has 1 aliphatic heterocycles. The van der Waals surface area contributed by atoms with Crippen LogP contribution in [0.15, 0.2) is 4.99 Å². The molecule has 0 spiro atoms. The summed E-state index contributed by atoms with van der Waals surface area (Å²) in [4.78, 5) is 18.1. The fourth-order valence-electron chi connectivity index (χ4n) is 4.48. The monoisotopic (exact) mass is 366 g/mol. The minimum absolute atomic E-state index is 0.00608. The Bertz CT molecular complexity index is 517. The summed E-state index contributed by atoms with van der Waals surface area (Å²) >= 11 is 0. The number of rotatable bonds is 6. The van der Waals surface area contributed by atoms with Crippen molar-refractivity contribution in [3.05, 3.63) is 0 Å². The van der Waals surface area contributed by atoms with Gasteiger partial charge in [0.15, 0.2) is 5.96 Å². The van der Waals surface area contributed by atoms with Crippen LogP contribution in [0, 0.1) is 11.8 Å². The topological polar surface area (TPSA) is 75.2 Å². The molecule has 3 fully saturated rings. The van der Waals surface area contributed by atoms with Crippen molar-refractivity contribution < 1.29 is 14.3 Å². The molecule has 0 aromatic heterocycles. The predicted octanol–water partition coefficient (Wildman–Crippen LogP) is 0.994. The summed E-state index contributed by atoms with van der Waals surface area (Å²) in [7, 11) is 5.29. The first-order valence-electron chi connectivity index (χ1n) is 9.89. The minimum atomic E-state index is -0.221. The van der Waals surface area contributed by atoms with Crippen molar-refractivity contribution in [2.75, 3.05) is 47.5 Å². The lowest BCUT2D eigenvalue weighted by atomic mass is 9.94. The molecule has 3 unspecified atom stereocenters. The summed E-state index contributed by atoms with van der Waals surface area (Å²) in [6.07, 6.45) is 6.97. The molecular weight excluding hydrogens is 332 g/mol. The molecule has 1 saturated heterocycles. The van der Waals surface area contributed by atoms with E-state index in [9.17, 15) is 4.79 Å². The van der Waals surface area contributed by atoms with Gasteiger partial charge in [-0.2, -0.15) is 0 Å². The second kappa shape index (κ2) is 8.57. The number of carbonyl (C=O) groups excluding carboxylic acids is 1. The average molecular weight is 367 g/mol. The van der Waals surface area contributed by atoms with Crippen molar-refractivity contribution in [1.29, 1.82) is 0 Å². The number of likely N-dealkylation sites (N-methyl/N-ethyl adjacent to an activating group) is 1. The van der Waals surface area contributed by atoms with E-state index >= 15 is 0 Å². The number of aliphatic imine (C=N–C) groups is 1. The maximum absolute atomic E-state index is 12.0. The van der Waals surface area contributed by atoms with Gasteiger partial charge in [0, 0.05) is 59.8 Å². The zero-order chi connectivity index (χ0) is 18.6. The smallest absolute Gasteiger partial charge is 0.243 e. The van der Waals surface area contributed by atoms with E-state index in [4.69, 9.17) is 9.47 Å². The van der Waals surface area contributed by atoms with Crippen LogP contribution in [0.25, 0.3) is 0 Å². The minimum Gasteiger partial charge on any atom is -0.381 e. The molecule has 1 heterocycles. The van der Waals surface area contributed by atoms with Crippen LogP contribution in [0.5, 0.6) is 0 Å². The molecule has 2 N–H and O–H groups in total. The van der Waals surface area contributed by atoms with E-state index in [0.29, 0.717) is 12.6 Å². The molecule has 2 saturated carbocycles. The number of nitrogens with zero attached hydrogens (tertiary/aromatic N) is 2. The normalized spacial score (nSPS) is 30.3. The lowest BCUT2D eigenvalue weighted by Gasteiger charge is -2.36. The van der Waals surface area contributed by atoms with Crippen LogP contribution in [0.1, 0.15) is 38.5 Å². The van der Waals surface area contributed by atoms with Gasteiger partial charge >= 0.3 is 0 Å². The predicted molar refractivity (Wildman–Crippen MR) is 101 cm³/mol. The van der Waals surface area contributed by atoms with Crippen molar-refractivity contribution in [2.24, 2.45) is 16.8 Å². The summed E-state index contributed by atoms with van der Waals surface area (Å²) < 4.78 is 11.3. The fourth-order valence-corrected chi connectivity index (χ4v) is 4.48. The Kier molecular flexibility index (Phi) is 6.40. The van der Waals surface area contributed by atoms with E-state index < -0.39 is 0 Å². The van der Waals surface area contributed by atoms with Crippen LogP contribution >= 0.6 is 0 Å². The zero-order valence-corrected chi connectivity index (χ0v) is 16.4. The number of methoxy groups -OCH3 is 1. The average Bonchev–Trinajstić information content (AvgIpc) is 3.27. The Morgan fingerprint density at radius 3 is 2.62 bits per heavy atom. The number of nitrogens with one attached hydrogen (secondary N) is 2. The third kappa shape index (κ3) is 4.68.